The lowest BCUT2D eigenvalue weighted by Gasteiger charge is -2.17. The standard InChI is InChI=1S/C20H25NO2/c1-4-14-12-15(5-2)19(16(6-3)13-14)17-8-7-9-18(21-17)20-22-10-11-23-20/h7-9,12-13,20H,4-6,10-11H2,1-3H3. The third kappa shape index (κ3) is 3.31. The normalized spacial score (nSPS) is 15.3. The fourth-order valence-corrected chi connectivity index (χ4v) is 3.18. The number of benzene rings is 1. The number of aryl methyl sites for hydroxylation is 3. The summed E-state index contributed by atoms with van der Waals surface area (Å²) in [7, 11) is 0. The number of hydrogen-bond acceptors (Lipinski definition) is 3. The van der Waals surface area contributed by atoms with E-state index in [0.717, 1.165) is 30.7 Å². The van der Waals surface area contributed by atoms with Gasteiger partial charge in [-0.15, -0.1) is 0 Å². The van der Waals surface area contributed by atoms with Crippen LogP contribution in [0.25, 0.3) is 11.3 Å². The van der Waals surface area contributed by atoms with Crippen molar-refractivity contribution in [3.63, 3.8) is 0 Å². The van der Waals surface area contributed by atoms with Crippen LogP contribution in [-0.4, -0.2) is 18.2 Å². The minimum Gasteiger partial charge on any atom is -0.345 e. The Hall–Kier alpha value is -1.71. The van der Waals surface area contributed by atoms with E-state index in [1.807, 2.05) is 6.07 Å². The molecule has 0 radical (unpaired) electrons. The Bertz CT molecular complexity index is 650. The lowest BCUT2D eigenvalue weighted by molar-refractivity contribution is -0.0472. The molecule has 0 unspecified atom stereocenters. The molecule has 1 aliphatic rings. The van der Waals surface area contributed by atoms with E-state index < -0.39 is 0 Å². The van der Waals surface area contributed by atoms with Crippen molar-refractivity contribution in [3.05, 3.63) is 52.7 Å². The van der Waals surface area contributed by atoms with Gasteiger partial charge < -0.3 is 9.47 Å². The van der Waals surface area contributed by atoms with Gasteiger partial charge in [0.2, 0.25) is 6.29 Å². The fourth-order valence-electron chi connectivity index (χ4n) is 3.18. The van der Waals surface area contributed by atoms with Gasteiger partial charge in [0.25, 0.3) is 0 Å². The second-order valence-electron chi connectivity index (χ2n) is 5.87. The molecule has 0 aliphatic carbocycles. The van der Waals surface area contributed by atoms with E-state index in [-0.39, 0.29) is 6.29 Å². The van der Waals surface area contributed by atoms with Crippen LogP contribution in [0.2, 0.25) is 0 Å². The van der Waals surface area contributed by atoms with Crippen LogP contribution in [-0.2, 0) is 28.7 Å². The number of hydrogen-bond donors (Lipinski definition) is 0. The molecule has 1 aliphatic heterocycles. The number of pyridine rings is 1. The average molecular weight is 311 g/mol. The number of nitrogens with zero attached hydrogens (tertiary/aromatic N) is 1. The number of aromatic nitrogens is 1. The predicted molar refractivity (Wildman–Crippen MR) is 92.5 cm³/mol. The summed E-state index contributed by atoms with van der Waals surface area (Å²) in [6.45, 7) is 7.92. The van der Waals surface area contributed by atoms with Crippen LogP contribution in [0, 0.1) is 0 Å². The highest BCUT2D eigenvalue weighted by atomic mass is 16.7. The van der Waals surface area contributed by atoms with Gasteiger partial charge in [-0.2, -0.15) is 0 Å². The van der Waals surface area contributed by atoms with Gasteiger partial charge in [0.05, 0.1) is 24.6 Å². The topological polar surface area (TPSA) is 31.4 Å². The molecular formula is C20H25NO2. The molecule has 23 heavy (non-hydrogen) atoms. The molecule has 2 aromatic rings. The van der Waals surface area contributed by atoms with Gasteiger partial charge in [-0.05, 0) is 48.1 Å². The maximum atomic E-state index is 5.59. The zero-order chi connectivity index (χ0) is 16.2. The number of ether oxygens (including phenoxy) is 2. The summed E-state index contributed by atoms with van der Waals surface area (Å²) in [5.41, 5.74) is 7.33. The largest absolute Gasteiger partial charge is 0.345 e. The first-order chi connectivity index (χ1) is 11.3. The first-order valence-electron chi connectivity index (χ1n) is 8.62. The highest BCUT2D eigenvalue weighted by Crippen LogP contribution is 2.31. The molecule has 0 spiro atoms. The molecule has 0 saturated carbocycles. The van der Waals surface area contributed by atoms with Crippen molar-refractivity contribution in [2.24, 2.45) is 0 Å². The van der Waals surface area contributed by atoms with Crippen LogP contribution < -0.4 is 0 Å². The van der Waals surface area contributed by atoms with Crippen LogP contribution in [0.5, 0.6) is 0 Å². The van der Waals surface area contributed by atoms with Gasteiger partial charge in [0.1, 0.15) is 0 Å². The molecule has 122 valence electrons. The van der Waals surface area contributed by atoms with Crippen molar-refractivity contribution in [1.29, 1.82) is 0 Å². The molecule has 3 nitrogen and oxygen atoms in total. The highest BCUT2D eigenvalue weighted by molar-refractivity contribution is 5.69. The third-order valence-corrected chi connectivity index (χ3v) is 4.42. The van der Waals surface area contributed by atoms with Crippen molar-refractivity contribution < 1.29 is 9.47 Å². The predicted octanol–water partition coefficient (Wildman–Crippen LogP) is 4.48. The molecule has 1 aromatic heterocycles. The molecular weight excluding hydrogens is 286 g/mol. The minimum absolute atomic E-state index is 0.319. The summed E-state index contributed by atoms with van der Waals surface area (Å²) in [4.78, 5) is 4.85. The Morgan fingerprint density at radius 2 is 1.61 bits per heavy atom. The zero-order valence-corrected chi connectivity index (χ0v) is 14.3. The van der Waals surface area contributed by atoms with Gasteiger partial charge in [0.15, 0.2) is 0 Å². The molecule has 1 fully saturated rings. The van der Waals surface area contributed by atoms with Gasteiger partial charge in [-0.25, -0.2) is 4.98 Å². The van der Waals surface area contributed by atoms with E-state index in [4.69, 9.17) is 14.5 Å². The van der Waals surface area contributed by atoms with Crippen LogP contribution in [0.3, 0.4) is 0 Å². The molecule has 1 saturated heterocycles. The first kappa shape index (κ1) is 16.2. The van der Waals surface area contributed by atoms with Gasteiger partial charge in [0, 0.05) is 5.56 Å². The summed E-state index contributed by atoms with van der Waals surface area (Å²) in [5.74, 6) is 0. The summed E-state index contributed by atoms with van der Waals surface area (Å²) < 4.78 is 11.2. The second kappa shape index (κ2) is 7.24. The highest BCUT2D eigenvalue weighted by Gasteiger charge is 2.21. The van der Waals surface area contributed by atoms with Crippen molar-refractivity contribution in [2.45, 2.75) is 46.3 Å². The van der Waals surface area contributed by atoms with Gasteiger partial charge in [-0.1, -0.05) is 39.0 Å². The Kier molecular flexibility index (Phi) is 5.09. The van der Waals surface area contributed by atoms with E-state index >= 15 is 0 Å². The van der Waals surface area contributed by atoms with E-state index in [2.05, 4.69) is 45.0 Å². The maximum Gasteiger partial charge on any atom is 0.201 e. The van der Waals surface area contributed by atoms with E-state index in [0.29, 0.717) is 13.2 Å². The smallest absolute Gasteiger partial charge is 0.201 e. The number of rotatable bonds is 5. The SMILES string of the molecule is CCc1cc(CC)c(-c2cccc(C3OCCO3)n2)c(CC)c1. The third-order valence-electron chi connectivity index (χ3n) is 4.42. The molecule has 0 bridgehead atoms. The average Bonchev–Trinajstić information content (AvgIpc) is 3.15. The monoisotopic (exact) mass is 311 g/mol. The molecule has 0 atom stereocenters. The van der Waals surface area contributed by atoms with Crippen molar-refractivity contribution in [3.8, 4) is 11.3 Å². The van der Waals surface area contributed by atoms with E-state index in [1.54, 1.807) is 0 Å². The maximum absolute atomic E-state index is 5.59. The Morgan fingerprint density at radius 1 is 0.957 bits per heavy atom. The molecule has 0 amide bonds. The Balaban J connectivity index is 2.08. The van der Waals surface area contributed by atoms with E-state index in [9.17, 15) is 0 Å². The molecule has 2 heterocycles. The Morgan fingerprint density at radius 3 is 2.17 bits per heavy atom. The van der Waals surface area contributed by atoms with Crippen LogP contribution >= 0.6 is 0 Å². The summed E-state index contributed by atoms with van der Waals surface area (Å²) in [6, 6.07) is 10.8. The second-order valence-corrected chi connectivity index (χ2v) is 5.87. The molecule has 3 rings (SSSR count). The Labute approximate surface area is 138 Å². The zero-order valence-electron chi connectivity index (χ0n) is 14.3. The first-order valence-corrected chi connectivity index (χ1v) is 8.62. The summed E-state index contributed by atoms with van der Waals surface area (Å²) >= 11 is 0. The molecule has 0 N–H and O–H groups in total. The lowest BCUT2D eigenvalue weighted by Crippen LogP contribution is -2.04. The summed E-state index contributed by atoms with van der Waals surface area (Å²) in [5, 5.41) is 0. The van der Waals surface area contributed by atoms with Crippen LogP contribution in [0.15, 0.2) is 30.3 Å². The van der Waals surface area contributed by atoms with Gasteiger partial charge in [-0.3, -0.25) is 0 Å². The quantitative estimate of drug-likeness (QED) is 0.816. The molecule has 1 aromatic carbocycles. The molecule has 3 heteroatoms. The van der Waals surface area contributed by atoms with Crippen LogP contribution in [0.4, 0.5) is 0 Å². The van der Waals surface area contributed by atoms with Crippen molar-refractivity contribution >= 4 is 0 Å². The van der Waals surface area contributed by atoms with Crippen molar-refractivity contribution in [2.75, 3.05) is 13.2 Å². The fraction of sp³-hybridized carbons (Fsp3) is 0.450. The van der Waals surface area contributed by atoms with Crippen molar-refractivity contribution in [1.82, 2.24) is 4.98 Å². The van der Waals surface area contributed by atoms with E-state index in [1.165, 1.54) is 22.3 Å². The minimum atomic E-state index is -0.319. The van der Waals surface area contributed by atoms with Crippen LogP contribution in [0.1, 0.15) is 49.4 Å². The lowest BCUT2D eigenvalue weighted by atomic mass is 9.91. The van der Waals surface area contributed by atoms with Gasteiger partial charge >= 0.3 is 0 Å². The summed E-state index contributed by atoms with van der Waals surface area (Å²) in [6.07, 6.45) is 2.77.